The molecule has 3 rings (SSSR count). The summed E-state index contributed by atoms with van der Waals surface area (Å²) >= 11 is 0. The van der Waals surface area contributed by atoms with Gasteiger partial charge in [0, 0.05) is 33.2 Å². The average molecular weight is 556 g/mol. The molecule has 0 aliphatic carbocycles. The number of halogens is 1. The monoisotopic (exact) mass is 556 g/mol. The second-order valence-electron chi connectivity index (χ2n) is 7.96. The highest BCUT2D eigenvalue weighted by atomic mass is 127. The Morgan fingerprint density at radius 3 is 2.44 bits per heavy atom. The molecule has 1 fully saturated rings. The molecule has 2 unspecified atom stereocenters. The number of nitrogens with one attached hydrogen (secondary N) is 2. The number of hydrogen-bond acceptors (Lipinski definition) is 5. The lowest BCUT2D eigenvalue weighted by Crippen LogP contribution is -2.46. The summed E-state index contributed by atoms with van der Waals surface area (Å²) in [5, 5.41) is 6.93. The third-order valence-electron chi connectivity index (χ3n) is 5.82. The number of guanidine groups is 1. The zero-order valence-corrected chi connectivity index (χ0v) is 21.9. The van der Waals surface area contributed by atoms with Gasteiger partial charge in [0.15, 0.2) is 5.96 Å². The molecule has 0 amide bonds. The molecule has 32 heavy (non-hydrogen) atoms. The van der Waals surface area contributed by atoms with Crippen LogP contribution in [-0.2, 0) is 4.74 Å². The van der Waals surface area contributed by atoms with E-state index in [1.807, 2.05) is 32.2 Å². The molecule has 0 bridgehead atoms. The largest absolute Gasteiger partial charge is 0.497 e. The Hall–Kier alpha value is -1.78. The van der Waals surface area contributed by atoms with Crippen molar-refractivity contribution in [3.8, 4) is 5.75 Å². The molecule has 2 aromatic rings. The van der Waals surface area contributed by atoms with Crippen LogP contribution in [0.5, 0.6) is 5.75 Å². The van der Waals surface area contributed by atoms with Crippen LogP contribution in [0.3, 0.4) is 0 Å². The lowest BCUT2D eigenvalue weighted by molar-refractivity contribution is 0.0124. The van der Waals surface area contributed by atoms with E-state index in [1.54, 1.807) is 7.11 Å². The molecule has 0 spiro atoms. The summed E-state index contributed by atoms with van der Waals surface area (Å²) in [4.78, 5) is 6.81. The first-order valence-corrected chi connectivity index (χ1v) is 11.1. The van der Waals surface area contributed by atoms with Crippen molar-refractivity contribution >= 4 is 29.9 Å². The SMILES string of the molecule is CN=C(NCCC(C)c1ccc(OC)cc1)NCC(c1ccc(C)o1)N1CCOCC1.I. The molecule has 178 valence electrons. The van der Waals surface area contributed by atoms with Crippen LogP contribution in [0.15, 0.2) is 45.8 Å². The van der Waals surface area contributed by atoms with Crippen molar-refractivity contribution in [3.63, 3.8) is 0 Å². The molecule has 2 N–H and O–H groups in total. The van der Waals surface area contributed by atoms with Gasteiger partial charge in [0.2, 0.25) is 0 Å². The first-order chi connectivity index (χ1) is 15.1. The van der Waals surface area contributed by atoms with Crippen LogP contribution in [0.4, 0.5) is 0 Å². The van der Waals surface area contributed by atoms with E-state index in [2.05, 4.69) is 45.6 Å². The first-order valence-electron chi connectivity index (χ1n) is 11.1. The van der Waals surface area contributed by atoms with E-state index in [0.717, 1.165) is 69.0 Å². The van der Waals surface area contributed by atoms with E-state index >= 15 is 0 Å². The van der Waals surface area contributed by atoms with Crippen molar-refractivity contribution in [3.05, 3.63) is 53.5 Å². The third-order valence-corrected chi connectivity index (χ3v) is 5.82. The highest BCUT2D eigenvalue weighted by Crippen LogP contribution is 2.24. The maximum atomic E-state index is 5.95. The van der Waals surface area contributed by atoms with E-state index < -0.39 is 0 Å². The minimum Gasteiger partial charge on any atom is -0.497 e. The zero-order chi connectivity index (χ0) is 22.1. The van der Waals surface area contributed by atoms with Crippen molar-refractivity contribution in [2.75, 3.05) is 53.6 Å². The summed E-state index contributed by atoms with van der Waals surface area (Å²) in [6.07, 6.45) is 1.01. The lowest BCUT2D eigenvalue weighted by atomic mass is 9.98. The molecule has 2 atom stereocenters. The molecule has 1 aromatic heterocycles. The van der Waals surface area contributed by atoms with Gasteiger partial charge in [-0.3, -0.25) is 9.89 Å². The Morgan fingerprint density at radius 2 is 1.84 bits per heavy atom. The molecular formula is C24H37IN4O3. The van der Waals surface area contributed by atoms with Gasteiger partial charge in [0.1, 0.15) is 17.3 Å². The van der Waals surface area contributed by atoms with Crippen molar-refractivity contribution in [2.45, 2.75) is 32.2 Å². The van der Waals surface area contributed by atoms with Gasteiger partial charge in [-0.2, -0.15) is 0 Å². The van der Waals surface area contributed by atoms with Gasteiger partial charge in [0.05, 0.1) is 26.4 Å². The number of benzene rings is 1. The second kappa shape index (κ2) is 13.7. The summed E-state index contributed by atoms with van der Waals surface area (Å²) in [7, 11) is 3.50. The molecule has 7 nitrogen and oxygen atoms in total. The van der Waals surface area contributed by atoms with E-state index in [9.17, 15) is 0 Å². The molecule has 8 heteroatoms. The lowest BCUT2D eigenvalue weighted by Gasteiger charge is -2.33. The first kappa shape index (κ1) is 26.5. The molecule has 1 aromatic carbocycles. The maximum absolute atomic E-state index is 5.95. The topological polar surface area (TPSA) is 71.3 Å². The smallest absolute Gasteiger partial charge is 0.191 e. The second-order valence-corrected chi connectivity index (χ2v) is 7.96. The summed E-state index contributed by atoms with van der Waals surface area (Å²) in [5.74, 6) is 4.06. The fraction of sp³-hybridized carbons (Fsp3) is 0.542. The van der Waals surface area contributed by atoms with Crippen molar-refractivity contribution < 1.29 is 13.9 Å². The van der Waals surface area contributed by atoms with Crippen LogP contribution in [0.25, 0.3) is 0 Å². The predicted octanol–water partition coefficient (Wildman–Crippen LogP) is 3.95. The minimum absolute atomic E-state index is 0. The molecule has 1 aliphatic heterocycles. The maximum Gasteiger partial charge on any atom is 0.191 e. The van der Waals surface area contributed by atoms with Crippen LogP contribution in [-0.4, -0.2) is 64.4 Å². The van der Waals surface area contributed by atoms with Gasteiger partial charge in [-0.15, -0.1) is 24.0 Å². The van der Waals surface area contributed by atoms with Gasteiger partial charge in [-0.25, -0.2) is 0 Å². The van der Waals surface area contributed by atoms with E-state index in [4.69, 9.17) is 13.9 Å². The highest BCUT2D eigenvalue weighted by Gasteiger charge is 2.25. The van der Waals surface area contributed by atoms with E-state index in [-0.39, 0.29) is 30.0 Å². The minimum atomic E-state index is 0. The fourth-order valence-electron chi connectivity index (χ4n) is 3.85. The number of aryl methyl sites for hydroxylation is 1. The van der Waals surface area contributed by atoms with Crippen LogP contribution in [0.1, 0.15) is 42.4 Å². The van der Waals surface area contributed by atoms with Gasteiger partial charge in [-0.1, -0.05) is 19.1 Å². The number of rotatable bonds is 9. The molecule has 1 saturated heterocycles. The third kappa shape index (κ3) is 7.67. The molecule has 0 radical (unpaired) electrons. The average Bonchev–Trinajstić information content (AvgIpc) is 3.24. The molecule has 0 saturated carbocycles. The number of hydrogen-bond donors (Lipinski definition) is 2. The summed E-state index contributed by atoms with van der Waals surface area (Å²) in [6.45, 7) is 9.11. The van der Waals surface area contributed by atoms with Gasteiger partial charge in [-0.05, 0) is 49.1 Å². The Bertz CT molecular complexity index is 819. The standard InChI is InChI=1S/C24H36N4O3.HI/c1-18(20-6-8-21(29-4)9-7-20)11-12-26-24(25-3)27-17-22(23-10-5-19(2)31-23)28-13-15-30-16-14-28;/h5-10,18,22H,11-17H2,1-4H3,(H2,25,26,27);1H. The number of methoxy groups -OCH3 is 1. The van der Waals surface area contributed by atoms with E-state index in [0.29, 0.717) is 5.92 Å². The summed E-state index contributed by atoms with van der Waals surface area (Å²) in [5.41, 5.74) is 1.31. The van der Waals surface area contributed by atoms with Crippen molar-refractivity contribution in [1.29, 1.82) is 0 Å². The van der Waals surface area contributed by atoms with Crippen molar-refractivity contribution in [1.82, 2.24) is 15.5 Å². The van der Waals surface area contributed by atoms with Crippen LogP contribution >= 0.6 is 24.0 Å². The van der Waals surface area contributed by atoms with E-state index in [1.165, 1.54) is 5.56 Å². The Morgan fingerprint density at radius 1 is 1.12 bits per heavy atom. The Balaban J connectivity index is 0.00000363. The van der Waals surface area contributed by atoms with Gasteiger partial charge >= 0.3 is 0 Å². The zero-order valence-electron chi connectivity index (χ0n) is 19.6. The Labute approximate surface area is 209 Å². The Kier molecular flexibility index (Phi) is 11.3. The number of nitrogens with zero attached hydrogens (tertiary/aromatic N) is 2. The molecular weight excluding hydrogens is 519 g/mol. The quantitative estimate of drug-likeness (QED) is 0.277. The van der Waals surface area contributed by atoms with Gasteiger partial charge < -0.3 is 24.5 Å². The fourth-order valence-corrected chi connectivity index (χ4v) is 3.85. The van der Waals surface area contributed by atoms with Crippen molar-refractivity contribution in [2.24, 2.45) is 4.99 Å². The number of furan rings is 1. The van der Waals surface area contributed by atoms with Crippen LogP contribution in [0.2, 0.25) is 0 Å². The predicted molar refractivity (Wildman–Crippen MR) is 139 cm³/mol. The highest BCUT2D eigenvalue weighted by molar-refractivity contribution is 14.0. The van der Waals surface area contributed by atoms with Crippen LogP contribution in [0, 0.1) is 6.92 Å². The number of morpholine rings is 1. The number of aliphatic imine (C=N–C) groups is 1. The summed E-state index contributed by atoms with van der Waals surface area (Å²) < 4.78 is 16.7. The molecule has 1 aliphatic rings. The molecule has 2 heterocycles. The summed E-state index contributed by atoms with van der Waals surface area (Å²) in [6, 6.07) is 12.5. The normalized spacial score (nSPS) is 16.7. The van der Waals surface area contributed by atoms with Gasteiger partial charge in [0.25, 0.3) is 0 Å². The number of ether oxygens (including phenoxy) is 2. The van der Waals surface area contributed by atoms with Crippen LogP contribution < -0.4 is 15.4 Å².